The first-order chi connectivity index (χ1) is 14.4. The van der Waals surface area contributed by atoms with Crippen molar-refractivity contribution in [2.24, 2.45) is 0 Å². The predicted molar refractivity (Wildman–Crippen MR) is 120 cm³/mol. The highest BCUT2D eigenvalue weighted by Gasteiger charge is 2.21. The van der Waals surface area contributed by atoms with Crippen molar-refractivity contribution in [3.8, 4) is 0 Å². The number of rotatable bonds is 8. The molecule has 1 amide bonds. The summed E-state index contributed by atoms with van der Waals surface area (Å²) >= 11 is 0. The van der Waals surface area contributed by atoms with Crippen LogP contribution in [-0.4, -0.2) is 27.4 Å². The monoisotopic (exact) mass is 422 g/mol. The highest BCUT2D eigenvalue weighted by Crippen LogP contribution is 2.23. The molecule has 0 aliphatic heterocycles. The average molecular weight is 423 g/mol. The molecule has 0 saturated carbocycles. The molecule has 156 valence electrons. The predicted octanol–water partition coefficient (Wildman–Crippen LogP) is 4.26. The molecule has 0 bridgehead atoms. The van der Waals surface area contributed by atoms with Crippen LogP contribution in [0.5, 0.6) is 0 Å². The van der Waals surface area contributed by atoms with Crippen molar-refractivity contribution in [1.82, 2.24) is 5.32 Å². The maximum Gasteiger partial charge on any atom is 0.264 e. The summed E-state index contributed by atoms with van der Waals surface area (Å²) in [6.45, 7) is 1.97. The van der Waals surface area contributed by atoms with Crippen molar-refractivity contribution in [2.45, 2.75) is 30.7 Å². The third-order valence-electron chi connectivity index (χ3n) is 4.96. The van der Waals surface area contributed by atoms with Gasteiger partial charge in [0.2, 0.25) is 0 Å². The Morgan fingerprint density at radius 1 is 0.933 bits per heavy atom. The minimum Gasteiger partial charge on any atom is -0.350 e. The Labute approximate surface area is 178 Å². The van der Waals surface area contributed by atoms with Crippen LogP contribution >= 0.6 is 0 Å². The molecule has 0 spiro atoms. The zero-order valence-corrected chi connectivity index (χ0v) is 18.0. The zero-order valence-electron chi connectivity index (χ0n) is 17.2. The second-order valence-corrected chi connectivity index (χ2v) is 9.20. The lowest BCUT2D eigenvalue weighted by molar-refractivity contribution is 0.0938. The Morgan fingerprint density at radius 3 is 2.23 bits per heavy atom. The standard InChI is InChI=1S/C24H26N2O3S/c1-19(16-17-20-10-5-3-6-11-20)25-24(27)21-12-9-13-22(18-21)26(2)30(28,29)23-14-7-4-8-15-23/h3-15,18-19H,16-17H2,1-2H3,(H,25,27)/t19-/m1/s1. The molecule has 0 aliphatic rings. The number of nitrogens with zero attached hydrogens (tertiary/aromatic N) is 1. The van der Waals surface area contributed by atoms with Gasteiger partial charge in [0.25, 0.3) is 15.9 Å². The largest absolute Gasteiger partial charge is 0.350 e. The van der Waals surface area contributed by atoms with Crippen molar-refractivity contribution in [3.05, 3.63) is 96.1 Å². The van der Waals surface area contributed by atoms with E-state index in [9.17, 15) is 13.2 Å². The number of carbonyl (C=O) groups excluding carboxylic acids is 1. The van der Waals surface area contributed by atoms with Crippen LogP contribution in [0.3, 0.4) is 0 Å². The van der Waals surface area contributed by atoms with E-state index in [0.29, 0.717) is 11.3 Å². The summed E-state index contributed by atoms with van der Waals surface area (Å²) in [5, 5.41) is 3.00. The topological polar surface area (TPSA) is 66.5 Å². The van der Waals surface area contributed by atoms with E-state index in [2.05, 4.69) is 17.4 Å². The summed E-state index contributed by atoms with van der Waals surface area (Å²) < 4.78 is 26.9. The minimum absolute atomic E-state index is 0.00727. The summed E-state index contributed by atoms with van der Waals surface area (Å²) in [7, 11) is -2.21. The van der Waals surface area contributed by atoms with Crippen LogP contribution in [0.25, 0.3) is 0 Å². The molecular formula is C24H26N2O3S. The van der Waals surface area contributed by atoms with E-state index in [1.165, 1.54) is 16.9 Å². The van der Waals surface area contributed by atoms with E-state index in [1.54, 1.807) is 54.6 Å². The molecule has 0 fully saturated rings. The van der Waals surface area contributed by atoms with Crippen molar-refractivity contribution < 1.29 is 13.2 Å². The molecule has 6 heteroatoms. The van der Waals surface area contributed by atoms with E-state index >= 15 is 0 Å². The second kappa shape index (κ2) is 9.59. The molecule has 1 N–H and O–H groups in total. The Kier molecular flexibility index (Phi) is 6.90. The first-order valence-electron chi connectivity index (χ1n) is 9.87. The van der Waals surface area contributed by atoms with Crippen molar-refractivity contribution in [2.75, 3.05) is 11.4 Å². The Morgan fingerprint density at radius 2 is 1.57 bits per heavy atom. The number of carbonyl (C=O) groups is 1. The fourth-order valence-electron chi connectivity index (χ4n) is 3.14. The molecule has 30 heavy (non-hydrogen) atoms. The fourth-order valence-corrected chi connectivity index (χ4v) is 4.35. The molecular weight excluding hydrogens is 396 g/mol. The quantitative estimate of drug-likeness (QED) is 0.590. The van der Waals surface area contributed by atoms with Crippen molar-refractivity contribution >= 4 is 21.6 Å². The third kappa shape index (κ3) is 5.27. The van der Waals surface area contributed by atoms with Gasteiger partial charge < -0.3 is 5.32 Å². The Balaban J connectivity index is 1.67. The molecule has 0 heterocycles. The lowest BCUT2D eigenvalue weighted by Crippen LogP contribution is -2.33. The highest BCUT2D eigenvalue weighted by molar-refractivity contribution is 7.92. The molecule has 0 aromatic heterocycles. The van der Waals surface area contributed by atoms with Crippen LogP contribution in [0.4, 0.5) is 5.69 Å². The summed E-state index contributed by atoms with van der Waals surface area (Å²) in [4.78, 5) is 12.9. The zero-order chi connectivity index (χ0) is 21.6. The minimum atomic E-state index is -3.70. The smallest absolute Gasteiger partial charge is 0.264 e. The van der Waals surface area contributed by atoms with Gasteiger partial charge in [-0.2, -0.15) is 0 Å². The van der Waals surface area contributed by atoms with Gasteiger partial charge in [0.1, 0.15) is 0 Å². The van der Waals surface area contributed by atoms with E-state index in [-0.39, 0.29) is 16.8 Å². The molecule has 0 radical (unpaired) electrons. The number of hydrogen-bond acceptors (Lipinski definition) is 3. The molecule has 3 aromatic rings. The lowest BCUT2D eigenvalue weighted by atomic mass is 10.1. The molecule has 0 unspecified atom stereocenters. The average Bonchev–Trinajstić information content (AvgIpc) is 2.78. The summed E-state index contributed by atoms with van der Waals surface area (Å²) in [5.41, 5.74) is 2.09. The fraction of sp³-hybridized carbons (Fsp3) is 0.208. The number of amides is 1. The van der Waals surface area contributed by atoms with Gasteiger partial charge in [0, 0.05) is 18.7 Å². The van der Waals surface area contributed by atoms with E-state index in [1.807, 2.05) is 25.1 Å². The first kappa shape index (κ1) is 21.6. The van der Waals surface area contributed by atoms with Crippen LogP contribution in [0, 0.1) is 0 Å². The number of nitrogens with one attached hydrogen (secondary N) is 1. The van der Waals surface area contributed by atoms with E-state index < -0.39 is 10.0 Å². The first-order valence-corrected chi connectivity index (χ1v) is 11.3. The van der Waals surface area contributed by atoms with Gasteiger partial charge in [-0.05, 0) is 55.7 Å². The van der Waals surface area contributed by atoms with Crippen molar-refractivity contribution in [1.29, 1.82) is 0 Å². The molecule has 5 nitrogen and oxygen atoms in total. The van der Waals surface area contributed by atoms with E-state index in [0.717, 1.165) is 12.8 Å². The van der Waals surface area contributed by atoms with Gasteiger partial charge in [0.15, 0.2) is 0 Å². The van der Waals surface area contributed by atoms with Crippen LogP contribution in [-0.2, 0) is 16.4 Å². The molecule has 3 rings (SSSR count). The van der Waals surface area contributed by atoms with Gasteiger partial charge in [-0.15, -0.1) is 0 Å². The maximum atomic E-state index is 12.8. The van der Waals surface area contributed by atoms with Gasteiger partial charge >= 0.3 is 0 Å². The number of sulfonamides is 1. The lowest BCUT2D eigenvalue weighted by Gasteiger charge is -2.20. The number of benzene rings is 3. The van der Waals surface area contributed by atoms with Gasteiger partial charge in [-0.1, -0.05) is 54.6 Å². The van der Waals surface area contributed by atoms with Crippen LogP contribution < -0.4 is 9.62 Å². The molecule has 0 aliphatic carbocycles. The third-order valence-corrected chi connectivity index (χ3v) is 6.76. The number of anilines is 1. The SMILES string of the molecule is C[C@H](CCc1ccccc1)NC(=O)c1cccc(N(C)S(=O)(=O)c2ccccc2)c1. The Bertz CT molecular complexity index is 1080. The Hall–Kier alpha value is -3.12. The molecule has 0 saturated heterocycles. The van der Waals surface area contributed by atoms with Crippen LogP contribution in [0.1, 0.15) is 29.3 Å². The van der Waals surface area contributed by atoms with Crippen LogP contribution in [0.2, 0.25) is 0 Å². The van der Waals surface area contributed by atoms with Crippen LogP contribution in [0.15, 0.2) is 89.8 Å². The number of aryl methyl sites for hydroxylation is 1. The normalized spacial score (nSPS) is 12.2. The maximum absolute atomic E-state index is 12.8. The molecule has 3 aromatic carbocycles. The highest BCUT2D eigenvalue weighted by atomic mass is 32.2. The molecule has 1 atom stereocenters. The second-order valence-electron chi connectivity index (χ2n) is 7.23. The summed E-state index contributed by atoms with van der Waals surface area (Å²) in [6.07, 6.45) is 1.69. The summed E-state index contributed by atoms with van der Waals surface area (Å²) in [6, 6.07) is 25.0. The van der Waals surface area contributed by atoms with Gasteiger partial charge in [-0.3, -0.25) is 9.10 Å². The van der Waals surface area contributed by atoms with Gasteiger partial charge in [0.05, 0.1) is 10.6 Å². The summed E-state index contributed by atoms with van der Waals surface area (Å²) in [5.74, 6) is -0.220. The van der Waals surface area contributed by atoms with Gasteiger partial charge in [-0.25, -0.2) is 8.42 Å². The number of hydrogen-bond donors (Lipinski definition) is 1. The van der Waals surface area contributed by atoms with Crippen molar-refractivity contribution in [3.63, 3.8) is 0 Å². The van der Waals surface area contributed by atoms with E-state index in [4.69, 9.17) is 0 Å².